The quantitative estimate of drug-likeness (QED) is 0.713. The molecule has 1 saturated carbocycles. The summed E-state index contributed by atoms with van der Waals surface area (Å²) in [5.74, 6) is 0.880. The highest BCUT2D eigenvalue weighted by Gasteiger charge is 2.13. The normalized spacial score (nSPS) is 17.7. The number of pyridine rings is 1. The minimum absolute atomic E-state index is 0.458. The van der Waals surface area contributed by atoms with Gasteiger partial charge in [0.1, 0.15) is 5.75 Å². The lowest BCUT2D eigenvalue weighted by molar-refractivity contribution is 0.208. The fourth-order valence-electron chi connectivity index (χ4n) is 2.02. The van der Waals surface area contributed by atoms with Gasteiger partial charge in [-0.3, -0.25) is 0 Å². The van der Waals surface area contributed by atoms with E-state index in [1.165, 1.54) is 44.4 Å². The maximum atomic E-state index is 12.5. The van der Waals surface area contributed by atoms with Crippen molar-refractivity contribution in [2.24, 2.45) is 5.92 Å². The summed E-state index contributed by atoms with van der Waals surface area (Å²) in [6, 6.07) is 2.96. The molecule has 1 heterocycles. The molecule has 0 aliphatic heterocycles. The Morgan fingerprint density at radius 1 is 1.27 bits per heavy atom. The van der Waals surface area contributed by atoms with Crippen LogP contribution < -0.4 is 4.74 Å². The number of halogens is 1. The average Bonchev–Trinajstić information content (AvgIpc) is 2.30. The lowest BCUT2D eigenvalue weighted by atomic mass is 9.90. The molecule has 82 valence electrons. The van der Waals surface area contributed by atoms with Gasteiger partial charge in [-0.15, -0.1) is 0 Å². The largest absolute Gasteiger partial charge is 0.492 e. The van der Waals surface area contributed by atoms with E-state index in [9.17, 15) is 4.39 Å². The second-order valence-electron chi connectivity index (χ2n) is 4.13. The minimum atomic E-state index is -0.458. The Kier molecular flexibility index (Phi) is 3.54. The maximum absolute atomic E-state index is 12.5. The summed E-state index contributed by atoms with van der Waals surface area (Å²) >= 11 is 0. The Hall–Kier alpha value is -1.12. The van der Waals surface area contributed by atoms with E-state index >= 15 is 0 Å². The predicted octanol–water partition coefficient (Wildman–Crippen LogP) is 3.18. The lowest BCUT2D eigenvalue weighted by Crippen LogP contribution is -2.15. The standard InChI is InChI=1S/C12H16FNO/c13-12-7-6-11(8-14-12)15-9-10-4-2-1-3-5-10/h6-8,10H,1-5,9H2. The monoisotopic (exact) mass is 209 g/mol. The molecule has 0 atom stereocenters. The van der Waals surface area contributed by atoms with Gasteiger partial charge in [-0.2, -0.15) is 4.39 Å². The molecule has 0 saturated heterocycles. The molecule has 15 heavy (non-hydrogen) atoms. The summed E-state index contributed by atoms with van der Waals surface area (Å²) in [6.07, 6.45) is 7.95. The third kappa shape index (κ3) is 3.18. The van der Waals surface area contributed by atoms with Gasteiger partial charge in [-0.05, 0) is 30.9 Å². The topological polar surface area (TPSA) is 22.1 Å². The van der Waals surface area contributed by atoms with Gasteiger partial charge in [0.15, 0.2) is 0 Å². The molecule has 2 nitrogen and oxygen atoms in total. The van der Waals surface area contributed by atoms with Gasteiger partial charge in [0.05, 0.1) is 12.8 Å². The van der Waals surface area contributed by atoms with Gasteiger partial charge >= 0.3 is 0 Å². The van der Waals surface area contributed by atoms with Crippen molar-refractivity contribution < 1.29 is 9.13 Å². The van der Waals surface area contributed by atoms with Gasteiger partial charge in [-0.1, -0.05) is 19.3 Å². The average molecular weight is 209 g/mol. The Morgan fingerprint density at radius 2 is 2.07 bits per heavy atom. The molecule has 1 aromatic rings. The van der Waals surface area contributed by atoms with Gasteiger partial charge < -0.3 is 4.74 Å². The second kappa shape index (κ2) is 5.10. The van der Waals surface area contributed by atoms with E-state index in [0.29, 0.717) is 11.7 Å². The van der Waals surface area contributed by atoms with E-state index in [0.717, 1.165) is 6.61 Å². The van der Waals surface area contributed by atoms with Crippen LogP contribution >= 0.6 is 0 Å². The Morgan fingerprint density at radius 3 is 2.73 bits per heavy atom. The van der Waals surface area contributed by atoms with Crippen LogP contribution in [-0.2, 0) is 0 Å². The van der Waals surface area contributed by atoms with Crippen molar-refractivity contribution in [1.82, 2.24) is 4.98 Å². The van der Waals surface area contributed by atoms with Crippen molar-refractivity contribution in [2.45, 2.75) is 32.1 Å². The van der Waals surface area contributed by atoms with Gasteiger partial charge in [0, 0.05) is 0 Å². The molecule has 0 radical (unpaired) electrons. The van der Waals surface area contributed by atoms with Crippen molar-refractivity contribution >= 4 is 0 Å². The van der Waals surface area contributed by atoms with Crippen LogP contribution in [0.5, 0.6) is 5.75 Å². The Labute approximate surface area is 89.5 Å². The highest BCUT2D eigenvalue weighted by molar-refractivity contribution is 5.16. The first-order chi connectivity index (χ1) is 7.34. The van der Waals surface area contributed by atoms with Gasteiger partial charge in [0.25, 0.3) is 0 Å². The summed E-state index contributed by atoms with van der Waals surface area (Å²) in [4.78, 5) is 3.55. The Balaban J connectivity index is 1.79. The van der Waals surface area contributed by atoms with Crippen molar-refractivity contribution in [3.8, 4) is 5.75 Å². The molecule has 0 N–H and O–H groups in total. The summed E-state index contributed by atoms with van der Waals surface area (Å²) in [5.41, 5.74) is 0. The van der Waals surface area contributed by atoms with Gasteiger partial charge in [-0.25, -0.2) is 4.98 Å². The van der Waals surface area contributed by atoms with Crippen LogP contribution in [-0.4, -0.2) is 11.6 Å². The van der Waals surface area contributed by atoms with E-state index in [4.69, 9.17) is 4.74 Å². The minimum Gasteiger partial charge on any atom is -0.492 e. The summed E-state index contributed by atoms with van der Waals surface area (Å²) in [5, 5.41) is 0. The van der Waals surface area contributed by atoms with Crippen LogP contribution in [0.4, 0.5) is 4.39 Å². The van der Waals surface area contributed by atoms with Crippen LogP contribution in [0, 0.1) is 11.9 Å². The molecule has 0 aromatic carbocycles. The second-order valence-corrected chi connectivity index (χ2v) is 4.13. The fourth-order valence-corrected chi connectivity index (χ4v) is 2.02. The molecule has 0 spiro atoms. The molecular weight excluding hydrogens is 193 g/mol. The highest BCUT2D eigenvalue weighted by Crippen LogP contribution is 2.24. The molecule has 1 fully saturated rings. The Bertz CT molecular complexity index is 293. The van der Waals surface area contributed by atoms with Crippen molar-refractivity contribution in [3.63, 3.8) is 0 Å². The molecule has 0 amide bonds. The molecule has 2 rings (SSSR count). The molecular formula is C12H16FNO. The summed E-state index contributed by atoms with van der Waals surface area (Å²) < 4.78 is 18.1. The summed E-state index contributed by atoms with van der Waals surface area (Å²) in [6.45, 7) is 0.743. The maximum Gasteiger partial charge on any atom is 0.213 e. The first kappa shape index (κ1) is 10.4. The van der Waals surface area contributed by atoms with Crippen LogP contribution in [0.3, 0.4) is 0 Å². The van der Waals surface area contributed by atoms with Crippen LogP contribution in [0.2, 0.25) is 0 Å². The third-order valence-corrected chi connectivity index (χ3v) is 2.91. The third-order valence-electron chi connectivity index (χ3n) is 2.91. The SMILES string of the molecule is Fc1ccc(OCC2CCCCC2)cn1. The number of rotatable bonds is 3. The first-order valence-electron chi connectivity index (χ1n) is 5.59. The van der Waals surface area contributed by atoms with E-state index < -0.39 is 5.95 Å². The molecule has 0 unspecified atom stereocenters. The van der Waals surface area contributed by atoms with E-state index in [2.05, 4.69) is 4.98 Å². The number of ether oxygens (including phenoxy) is 1. The van der Waals surface area contributed by atoms with E-state index in [1.54, 1.807) is 6.07 Å². The van der Waals surface area contributed by atoms with Crippen LogP contribution in [0.15, 0.2) is 18.3 Å². The zero-order valence-electron chi connectivity index (χ0n) is 8.79. The van der Waals surface area contributed by atoms with Crippen molar-refractivity contribution in [1.29, 1.82) is 0 Å². The zero-order valence-corrected chi connectivity index (χ0v) is 8.79. The van der Waals surface area contributed by atoms with E-state index in [-0.39, 0.29) is 0 Å². The summed E-state index contributed by atoms with van der Waals surface area (Å²) in [7, 11) is 0. The number of hydrogen-bond acceptors (Lipinski definition) is 2. The molecule has 3 heteroatoms. The highest BCUT2D eigenvalue weighted by atomic mass is 19.1. The molecule has 0 bridgehead atoms. The predicted molar refractivity (Wildman–Crippen MR) is 56.3 cm³/mol. The van der Waals surface area contributed by atoms with Crippen molar-refractivity contribution in [2.75, 3.05) is 6.61 Å². The molecule has 1 aliphatic rings. The van der Waals surface area contributed by atoms with Crippen LogP contribution in [0.25, 0.3) is 0 Å². The molecule has 1 aromatic heterocycles. The van der Waals surface area contributed by atoms with E-state index in [1.807, 2.05) is 0 Å². The molecule has 1 aliphatic carbocycles. The number of nitrogens with zero attached hydrogens (tertiary/aromatic N) is 1. The van der Waals surface area contributed by atoms with Crippen LogP contribution in [0.1, 0.15) is 32.1 Å². The zero-order chi connectivity index (χ0) is 10.5. The van der Waals surface area contributed by atoms with Gasteiger partial charge in [0.2, 0.25) is 5.95 Å². The fraction of sp³-hybridized carbons (Fsp3) is 0.583. The smallest absolute Gasteiger partial charge is 0.213 e. The number of hydrogen-bond donors (Lipinski definition) is 0. The lowest BCUT2D eigenvalue weighted by Gasteiger charge is -2.21. The number of aromatic nitrogens is 1. The first-order valence-corrected chi connectivity index (χ1v) is 5.59. The van der Waals surface area contributed by atoms with Crippen molar-refractivity contribution in [3.05, 3.63) is 24.3 Å².